The SMILES string of the molecule is CSCC(C)N(C)CC(=O)Nc1ccc(Cl)c(N)c1. The van der Waals surface area contributed by atoms with Gasteiger partial charge in [-0.3, -0.25) is 9.69 Å². The largest absolute Gasteiger partial charge is 0.397 e. The van der Waals surface area contributed by atoms with Crippen molar-refractivity contribution in [3.63, 3.8) is 0 Å². The van der Waals surface area contributed by atoms with Crippen molar-refractivity contribution in [1.29, 1.82) is 0 Å². The Morgan fingerprint density at radius 1 is 1.58 bits per heavy atom. The van der Waals surface area contributed by atoms with Crippen LogP contribution < -0.4 is 11.1 Å². The van der Waals surface area contributed by atoms with Crippen molar-refractivity contribution >= 4 is 40.6 Å². The molecule has 0 spiro atoms. The summed E-state index contributed by atoms with van der Waals surface area (Å²) < 4.78 is 0. The molecule has 6 heteroatoms. The van der Waals surface area contributed by atoms with Crippen molar-refractivity contribution < 1.29 is 4.79 Å². The molecule has 1 unspecified atom stereocenters. The summed E-state index contributed by atoms with van der Waals surface area (Å²) in [5.41, 5.74) is 6.82. The maximum atomic E-state index is 11.9. The lowest BCUT2D eigenvalue weighted by Crippen LogP contribution is -2.37. The Kier molecular flexibility index (Phi) is 6.48. The number of hydrogen-bond donors (Lipinski definition) is 2. The highest BCUT2D eigenvalue weighted by Crippen LogP contribution is 2.22. The maximum Gasteiger partial charge on any atom is 0.238 e. The van der Waals surface area contributed by atoms with Gasteiger partial charge in [-0.2, -0.15) is 11.8 Å². The number of amides is 1. The quantitative estimate of drug-likeness (QED) is 0.793. The molecule has 4 nitrogen and oxygen atoms in total. The van der Waals surface area contributed by atoms with Gasteiger partial charge in [0, 0.05) is 17.5 Å². The maximum absolute atomic E-state index is 11.9. The minimum Gasteiger partial charge on any atom is -0.397 e. The molecule has 0 radical (unpaired) electrons. The Morgan fingerprint density at radius 3 is 2.84 bits per heavy atom. The minimum atomic E-state index is -0.0582. The van der Waals surface area contributed by atoms with E-state index in [1.54, 1.807) is 30.0 Å². The topological polar surface area (TPSA) is 58.4 Å². The smallest absolute Gasteiger partial charge is 0.238 e. The van der Waals surface area contributed by atoms with Crippen molar-refractivity contribution in [3.8, 4) is 0 Å². The first-order valence-electron chi connectivity index (χ1n) is 5.98. The van der Waals surface area contributed by atoms with Crippen molar-refractivity contribution in [2.75, 3.05) is 36.7 Å². The fourth-order valence-electron chi connectivity index (χ4n) is 1.57. The summed E-state index contributed by atoms with van der Waals surface area (Å²) in [7, 11) is 1.94. The zero-order valence-corrected chi connectivity index (χ0v) is 13.0. The van der Waals surface area contributed by atoms with Gasteiger partial charge in [-0.05, 0) is 38.4 Å². The van der Waals surface area contributed by atoms with Crippen LogP contribution in [0, 0.1) is 0 Å². The van der Waals surface area contributed by atoms with Gasteiger partial charge in [0.25, 0.3) is 0 Å². The Morgan fingerprint density at radius 2 is 2.26 bits per heavy atom. The number of nitrogens with zero attached hydrogens (tertiary/aromatic N) is 1. The molecule has 3 N–H and O–H groups in total. The summed E-state index contributed by atoms with van der Waals surface area (Å²) in [6.45, 7) is 2.45. The third kappa shape index (κ3) is 5.30. The molecule has 0 saturated heterocycles. The zero-order chi connectivity index (χ0) is 14.4. The minimum absolute atomic E-state index is 0.0582. The molecule has 0 heterocycles. The molecule has 1 amide bonds. The van der Waals surface area contributed by atoms with Crippen molar-refractivity contribution in [2.45, 2.75) is 13.0 Å². The lowest BCUT2D eigenvalue weighted by atomic mass is 10.2. The van der Waals surface area contributed by atoms with Crippen molar-refractivity contribution in [1.82, 2.24) is 4.90 Å². The number of nitrogens with two attached hydrogens (primary N) is 1. The molecular formula is C13H20ClN3OS. The van der Waals surface area contributed by atoms with E-state index >= 15 is 0 Å². The molecule has 1 aromatic rings. The lowest BCUT2D eigenvalue weighted by Gasteiger charge is -2.23. The average molecular weight is 302 g/mol. The summed E-state index contributed by atoms with van der Waals surface area (Å²) in [5.74, 6) is 0.940. The van der Waals surface area contributed by atoms with Gasteiger partial charge in [-0.1, -0.05) is 11.6 Å². The molecule has 1 atom stereocenters. The number of nitrogens with one attached hydrogen (secondary N) is 1. The average Bonchev–Trinajstić information content (AvgIpc) is 2.34. The summed E-state index contributed by atoms with van der Waals surface area (Å²) >= 11 is 7.60. The predicted molar refractivity (Wildman–Crippen MR) is 85.0 cm³/mol. The lowest BCUT2D eigenvalue weighted by molar-refractivity contribution is -0.117. The van der Waals surface area contributed by atoms with Crippen LogP contribution >= 0.6 is 23.4 Å². The number of nitrogen functional groups attached to an aromatic ring is 1. The van der Waals surface area contributed by atoms with Crippen LogP contribution in [-0.4, -0.2) is 42.4 Å². The number of benzene rings is 1. The third-order valence-corrected chi connectivity index (χ3v) is 3.99. The van der Waals surface area contributed by atoms with Gasteiger partial charge in [-0.15, -0.1) is 0 Å². The van der Waals surface area contributed by atoms with E-state index in [1.807, 2.05) is 11.9 Å². The van der Waals surface area contributed by atoms with Crippen LogP contribution in [0.2, 0.25) is 5.02 Å². The molecule has 0 bridgehead atoms. The normalized spacial score (nSPS) is 12.5. The Balaban J connectivity index is 2.53. The van der Waals surface area contributed by atoms with E-state index in [0.717, 1.165) is 5.75 Å². The van der Waals surface area contributed by atoms with Crippen LogP contribution in [0.25, 0.3) is 0 Å². The number of halogens is 1. The second kappa shape index (κ2) is 7.62. The third-order valence-electron chi connectivity index (χ3n) is 2.83. The fraction of sp³-hybridized carbons (Fsp3) is 0.462. The van der Waals surface area contributed by atoms with E-state index in [9.17, 15) is 4.79 Å². The Bertz CT molecular complexity index is 442. The summed E-state index contributed by atoms with van der Waals surface area (Å²) in [5, 5.41) is 3.30. The van der Waals surface area contributed by atoms with Gasteiger partial charge in [0.1, 0.15) is 0 Å². The highest BCUT2D eigenvalue weighted by atomic mass is 35.5. The molecule has 0 aliphatic rings. The fourth-order valence-corrected chi connectivity index (χ4v) is 2.43. The van der Waals surface area contributed by atoms with E-state index < -0.39 is 0 Å². The molecule has 106 valence electrons. The highest BCUT2D eigenvalue weighted by molar-refractivity contribution is 7.98. The molecule has 0 fully saturated rings. The molecule has 0 aromatic heterocycles. The number of carbonyl (C=O) groups is 1. The molecule has 1 rings (SSSR count). The van der Waals surface area contributed by atoms with Gasteiger partial charge in [0.05, 0.1) is 17.3 Å². The van der Waals surface area contributed by atoms with Crippen LogP contribution in [0.1, 0.15) is 6.92 Å². The van der Waals surface area contributed by atoms with Crippen molar-refractivity contribution in [3.05, 3.63) is 23.2 Å². The molecule has 1 aromatic carbocycles. The summed E-state index contributed by atoms with van der Waals surface area (Å²) in [6.07, 6.45) is 2.06. The first kappa shape index (κ1) is 16.1. The van der Waals surface area contributed by atoms with Crippen LogP contribution in [0.15, 0.2) is 18.2 Å². The van der Waals surface area contributed by atoms with Crippen LogP contribution in [-0.2, 0) is 4.79 Å². The van der Waals surface area contributed by atoms with Crippen molar-refractivity contribution in [2.24, 2.45) is 0 Å². The standard InChI is InChI=1S/C13H20ClN3OS/c1-9(8-19-3)17(2)7-13(18)16-10-4-5-11(14)12(15)6-10/h4-6,9H,7-8,15H2,1-3H3,(H,16,18). The van der Waals surface area contributed by atoms with E-state index in [2.05, 4.69) is 18.5 Å². The second-order valence-corrected chi connectivity index (χ2v) is 5.82. The molecular weight excluding hydrogens is 282 g/mol. The van der Waals surface area contributed by atoms with Crippen LogP contribution in [0.4, 0.5) is 11.4 Å². The molecule has 0 aliphatic carbocycles. The zero-order valence-electron chi connectivity index (χ0n) is 11.4. The summed E-state index contributed by atoms with van der Waals surface area (Å²) in [6, 6.07) is 5.43. The van der Waals surface area contributed by atoms with Gasteiger partial charge in [-0.25, -0.2) is 0 Å². The van der Waals surface area contributed by atoms with Crippen LogP contribution in [0.3, 0.4) is 0 Å². The van der Waals surface area contributed by atoms with Gasteiger partial charge in [0.15, 0.2) is 0 Å². The van der Waals surface area contributed by atoms with E-state index in [-0.39, 0.29) is 5.91 Å². The monoisotopic (exact) mass is 301 g/mol. The summed E-state index contributed by atoms with van der Waals surface area (Å²) in [4.78, 5) is 13.9. The first-order chi connectivity index (χ1) is 8.93. The van der Waals surface area contributed by atoms with Gasteiger partial charge < -0.3 is 11.1 Å². The number of hydrogen-bond acceptors (Lipinski definition) is 4. The Hall–Kier alpha value is -0.910. The molecule has 19 heavy (non-hydrogen) atoms. The highest BCUT2D eigenvalue weighted by Gasteiger charge is 2.12. The number of thioether (sulfide) groups is 1. The van der Waals surface area contributed by atoms with Gasteiger partial charge >= 0.3 is 0 Å². The van der Waals surface area contributed by atoms with Gasteiger partial charge in [0.2, 0.25) is 5.91 Å². The molecule has 0 aliphatic heterocycles. The van der Waals surface area contributed by atoms with Crippen LogP contribution in [0.5, 0.6) is 0 Å². The van der Waals surface area contributed by atoms with E-state index in [4.69, 9.17) is 17.3 Å². The second-order valence-electron chi connectivity index (χ2n) is 4.50. The van der Waals surface area contributed by atoms with E-state index in [0.29, 0.717) is 29.0 Å². The first-order valence-corrected chi connectivity index (χ1v) is 7.75. The Labute approximate surface area is 123 Å². The number of rotatable bonds is 6. The van der Waals surface area contributed by atoms with E-state index in [1.165, 1.54) is 0 Å². The number of carbonyl (C=O) groups excluding carboxylic acids is 1. The number of likely N-dealkylation sites (N-methyl/N-ethyl adjacent to an activating group) is 1. The number of anilines is 2. The molecule has 0 saturated carbocycles. The predicted octanol–water partition coefficient (Wildman–Crippen LogP) is 2.54.